The number of primary amides is 1. The lowest BCUT2D eigenvalue weighted by molar-refractivity contribution is -0.130. The Hall–Kier alpha value is -1.30. The van der Waals surface area contributed by atoms with E-state index in [2.05, 4.69) is 10.6 Å². The van der Waals surface area contributed by atoms with Crippen molar-refractivity contribution in [3.05, 3.63) is 0 Å². The molecule has 1 aliphatic heterocycles. The molecule has 1 heterocycles. The molecule has 3 amide bonds. The van der Waals surface area contributed by atoms with Crippen molar-refractivity contribution in [2.45, 2.75) is 25.7 Å². The summed E-state index contributed by atoms with van der Waals surface area (Å²) in [5.74, 6) is 0.144. The summed E-state index contributed by atoms with van der Waals surface area (Å²) in [5.41, 5.74) is 4.92. The summed E-state index contributed by atoms with van der Waals surface area (Å²) < 4.78 is 0. The van der Waals surface area contributed by atoms with Gasteiger partial charge in [-0.2, -0.15) is 0 Å². The van der Waals surface area contributed by atoms with Crippen LogP contribution in [0, 0.1) is 0 Å². The van der Waals surface area contributed by atoms with Crippen molar-refractivity contribution in [3.8, 4) is 0 Å². The SMILES string of the molecule is NC(=O)NCCNCC(=O)N1CCCCCC1. The van der Waals surface area contributed by atoms with Crippen LogP contribution in [-0.4, -0.2) is 49.6 Å². The van der Waals surface area contributed by atoms with Crippen molar-refractivity contribution in [2.75, 3.05) is 32.7 Å². The maximum absolute atomic E-state index is 11.8. The number of nitrogens with two attached hydrogens (primary N) is 1. The molecule has 1 aliphatic rings. The molecule has 1 saturated heterocycles. The zero-order valence-electron chi connectivity index (χ0n) is 10.2. The summed E-state index contributed by atoms with van der Waals surface area (Å²) in [6.45, 7) is 3.09. The molecule has 0 spiro atoms. The molecule has 0 saturated carbocycles. The van der Waals surface area contributed by atoms with Gasteiger partial charge in [0.1, 0.15) is 0 Å². The molecule has 0 radical (unpaired) electrons. The predicted octanol–water partition coefficient (Wildman–Crippen LogP) is -0.353. The molecule has 98 valence electrons. The summed E-state index contributed by atoms with van der Waals surface area (Å²) in [7, 11) is 0. The highest BCUT2D eigenvalue weighted by atomic mass is 16.2. The van der Waals surface area contributed by atoms with Crippen LogP contribution in [0.25, 0.3) is 0 Å². The Balaban J connectivity index is 2.09. The third-order valence-electron chi connectivity index (χ3n) is 2.84. The molecule has 0 unspecified atom stereocenters. The highest BCUT2D eigenvalue weighted by Crippen LogP contribution is 2.09. The highest BCUT2D eigenvalue weighted by molar-refractivity contribution is 5.78. The van der Waals surface area contributed by atoms with Gasteiger partial charge in [0.25, 0.3) is 0 Å². The minimum absolute atomic E-state index is 0.144. The zero-order chi connectivity index (χ0) is 12.5. The molecule has 0 aromatic carbocycles. The van der Waals surface area contributed by atoms with Crippen LogP contribution in [0.4, 0.5) is 4.79 Å². The molecule has 1 fully saturated rings. The lowest BCUT2D eigenvalue weighted by atomic mass is 10.2. The summed E-state index contributed by atoms with van der Waals surface area (Å²) in [4.78, 5) is 24.1. The van der Waals surface area contributed by atoms with Gasteiger partial charge in [-0.1, -0.05) is 12.8 Å². The molecule has 6 nitrogen and oxygen atoms in total. The number of urea groups is 1. The second-order valence-corrected chi connectivity index (χ2v) is 4.26. The number of carbonyl (C=O) groups is 2. The van der Waals surface area contributed by atoms with Crippen LogP contribution in [0.2, 0.25) is 0 Å². The maximum atomic E-state index is 11.8. The van der Waals surface area contributed by atoms with E-state index in [-0.39, 0.29) is 5.91 Å². The first kappa shape index (κ1) is 13.8. The van der Waals surface area contributed by atoms with Gasteiger partial charge in [-0.05, 0) is 12.8 Å². The predicted molar refractivity (Wildman–Crippen MR) is 65.5 cm³/mol. The van der Waals surface area contributed by atoms with Crippen LogP contribution in [-0.2, 0) is 4.79 Å². The number of nitrogens with zero attached hydrogens (tertiary/aromatic N) is 1. The van der Waals surface area contributed by atoms with E-state index in [1.165, 1.54) is 12.8 Å². The Labute approximate surface area is 102 Å². The first-order chi connectivity index (χ1) is 8.20. The van der Waals surface area contributed by atoms with Crippen molar-refractivity contribution >= 4 is 11.9 Å². The lowest BCUT2D eigenvalue weighted by Gasteiger charge is -2.20. The van der Waals surface area contributed by atoms with Gasteiger partial charge in [0, 0.05) is 26.2 Å². The number of hydrogen-bond acceptors (Lipinski definition) is 3. The minimum Gasteiger partial charge on any atom is -0.352 e. The monoisotopic (exact) mass is 242 g/mol. The fourth-order valence-corrected chi connectivity index (χ4v) is 1.90. The Bertz CT molecular complexity index is 250. The van der Waals surface area contributed by atoms with E-state index >= 15 is 0 Å². The van der Waals surface area contributed by atoms with Crippen molar-refractivity contribution in [1.82, 2.24) is 15.5 Å². The molecule has 0 atom stereocenters. The van der Waals surface area contributed by atoms with Gasteiger partial charge in [0.15, 0.2) is 0 Å². The summed E-state index contributed by atoms with van der Waals surface area (Å²) in [6.07, 6.45) is 4.66. The average molecular weight is 242 g/mol. The molecule has 17 heavy (non-hydrogen) atoms. The number of rotatable bonds is 5. The molecule has 1 rings (SSSR count). The molecule has 0 aliphatic carbocycles. The van der Waals surface area contributed by atoms with Gasteiger partial charge in [0.2, 0.25) is 5.91 Å². The van der Waals surface area contributed by atoms with Crippen LogP contribution in [0.15, 0.2) is 0 Å². The number of amides is 3. The van der Waals surface area contributed by atoms with Crippen molar-refractivity contribution in [1.29, 1.82) is 0 Å². The number of carbonyl (C=O) groups excluding carboxylic acids is 2. The smallest absolute Gasteiger partial charge is 0.312 e. The molecular formula is C11H22N4O2. The molecule has 0 aromatic heterocycles. The van der Waals surface area contributed by atoms with Crippen LogP contribution >= 0.6 is 0 Å². The lowest BCUT2D eigenvalue weighted by Crippen LogP contribution is -2.41. The van der Waals surface area contributed by atoms with E-state index in [0.29, 0.717) is 19.6 Å². The Morgan fingerprint density at radius 1 is 1.06 bits per heavy atom. The molecule has 0 bridgehead atoms. The Morgan fingerprint density at radius 3 is 2.29 bits per heavy atom. The van der Waals surface area contributed by atoms with Gasteiger partial charge in [-0.25, -0.2) is 4.79 Å². The van der Waals surface area contributed by atoms with E-state index in [0.717, 1.165) is 25.9 Å². The third-order valence-corrected chi connectivity index (χ3v) is 2.84. The summed E-state index contributed by atoms with van der Waals surface area (Å²) >= 11 is 0. The fraction of sp³-hybridized carbons (Fsp3) is 0.818. The van der Waals surface area contributed by atoms with Gasteiger partial charge in [-0.3, -0.25) is 4.79 Å². The first-order valence-electron chi connectivity index (χ1n) is 6.22. The number of likely N-dealkylation sites (tertiary alicyclic amines) is 1. The average Bonchev–Trinajstić information content (AvgIpc) is 2.56. The molecular weight excluding hydrogens is 220 g/mol. The standard InChI is InChI=1S/C11H22N4O2/c12-11(17)14-6-5-13-9-10(16)15-7-3-1-2-4-8-15/h13H,1-9H2,(H3,12,14,17). The molecule has 0 aromatic rings. The highest BCUT2D eigenvalue weighted by Gasteiger charge is 2.14. The van der Waals surface area contributed by atoms with Crippen molar-refractivity contribution in [3.63, 3.8) is 0 Å². The fourth-order valence-electron chi connectivity index (χ4n) is 1.90. The van der Waals surface area contributed by atoms with Gasteiger partial charge >= 0.3 is 6.03 Å². The van der Waals surface area contributed by atoms with Crippen LogP contribution in [0.5, 0.6) is 0 Å². The van der Waals surface area contributed by atoms with Gasteiger partial charge < -0.3 is 21.3 Å². The van der Waals surface area contributed by atoms with E-state index in [1.807, 2.05) is 4.90 Å². The van der Waals surface area contributed by atoms with Gasteiger partial charge in [-0.15, -0.1) is 0 Å². The number of hydrogen-bond donors (Lipinski definition) is 3. The molecule has 6 heteroatoms. The first-order valence-corrected chi connectivity index (χ1v) is 6.22. The quantitative estimate of drug-likeness (QED) is 0.576. The maximum Gasteiger partial charge on any atom is 0.312 e. The van der Waals surface area contributed by atoms with E-state index < -0.39 is 6.03 Å². The largest absolute Gasteiger partial charge is 0.352 e. The van der Waals surface area contributed by atoms with Crippen LogP contribution in [0.3, 0.4) is 0 Å². The third kappa shape index (κ3) is 6.11. The van der Waals surface area contributed by atoms with Crippen molar-refractivity contribution in [2.24, 2.45) is 5.73 Å². The van der Waals surface area contributed by atoms with Crippen molar-refractivity contribution < 1.29 is 9.59 Å². The zero-order valence-corrected chi connectivity index (χ0v) is 10.2. The second-order valence-electron chi connectivity index (χ2n) is 4.26. The second kappa shape index (κ2) is 7.89. The Kier molecular flexibility index (Phi) is 6.39. The van der Waals surface area contributed by atoms with E-state index in [9.17, 15) is 9.59 Å². The number of nitrogens with one attached hydrogen (secondary N) is 2. The van der Waals surface area contributed by atoms with E-state index in [4.69, 9.17) is 5.73 Å². The van der Waals surface area contributed by atoms with Crippen LogP contribution < -0.4 is 16.4 Å². The van der Waals surface area contributed by atoms with E-state index in [1.54, 1.807) is 0 Å². The minimum atomic E-state index is -0.536. The van der Waals surface area contributed by atoms with Gasteiger partial charge in [0.05, 0.1) is 6.54 Å². The summed E-state index contributed by atoms with van der Waals surface area (Å²) in [5, 5.41) is 5.46. The topological polar surface area (TPSA) is 87.5 Å². The summed E-state index contributed by atoms with van der Waals surface area (Å²) in [6, 6.07) is -0.536. The Morgan fingerprint density at radius 2 is 1.71 bits per heavy atom. The molecule has 4 N–H and O–H groups in total. The normalized spacial score (nSPS) is 16.4. The van der Waals surface area contributed by atoms with Crippen LogP contribution in [0.1, 0.15) is 25.7 Å².